The number of hydrogen-bond acceptors (Lipinski definition) is 2. The Bertz CT molecular complexity index is 440. The maximum absolute atomic E-state index is 14.3. The highest BCUT2D eigenvalue weighted by Crippen LogP contribution is 2.20. The number of rotatable bonds is 5. The van der Waals surface area contributed by atoms with Gasteiger partial charge >= 0.3 is 17.8 Å². The van der Waals surface area contributed by atoms with Crippen molar-refractivity contribution in [3.8, 4) is 11.5 Å². The van der Waals surface area contributed by atoms with Gasteiger partial charge in [-0.05, 0) is 24.3 Å². The third-order valence-electron chi connectivity index (χ3n) is 2.19. The fourth-order valence-electron chi connectivity index (χ4n) is 1.40. The van der Waals surface area contributed by atoms with Gasteiger partial charge in [-0.3, -0.25) is 0 Å². The molecule has 0 aliphatic carbocycles. The van der Waals surface area contributed by atoms with Crippen molar-refractivity contribution >= 4 is 17.8 Å². The molecule has 0 aliphatic heterocycles. The Balaban J connectivity index is 2.11. The quantitative estimate of drug-likeness (QED) is 0.620. The lowest BCUT2D eigenvalue weighted by molar-refractivity contribution is 0.338. The van der Waals surface area contributed by atoms with Gasteiger partial charge in [0.1, 0.15) is 11.5 Å². The maximum Gasteiger partial charge on any atom is 0.663 e. The molecule has 0 fully saturated rings. The molecule has 6 heteroatoms. The van der Waals surface area contributed by atoms with Gasteiger partial charge in [-0.2, -0.15) is 0 Å². The molecule has 0 radical (unpaired) electrons. The second-order valence-corrected chi connectivity index (χ2v) is 8.95. The highest BCUT2D eigenvalue weighted by atomic mass is 29.3. The van der Waals surface area contributed by atoms with Crippen LogP contribution in [-0.2, 0) is 0 Å². The molecular formula is C12H12F2O2Si2. The topological polar surface area (TPSA) is 18.5 Å². The van der Waals surface area contributed by atoms with E-state index in [-0.39, 0.29) is 0 Å². The van der Waals surface area contributed by atoms with Crippen LogP contribution in [0.2, 0.25) is 0 Å². The third kappa shape index (κ3) is 3.41. The van der Waals surface area contributed by atoms with Crippen molar-refractivity contribution in [1.82, 2.24) is 0 Å². The SMILES string of the molecule is F[SiH2][Si](F)(Oc1ccccc1)Oc1ccccc1. The van der Waals surface area contributed by atoms with Crippen LogP contribution in [0.15, 0.2) is 60.7 Å². The van der Waals surface area contributed by atoms with E-state index in [4.69, 9.17) is 8.85 Å². The van der Waals surface area contributed by atoms with Gasteiger partial charge in [-0.1, -0.05) is 36.4 Å². The normalized spacial score (nSPS) is 11.7. The molecule has 2 aromatic rings. The van der Waals surface area contributed by atoms with Crippen LogP contribution in [0.4, 0.5) is 8.22 Å². The molecule has 0 spiro atoms. The van der Waals surface area contributed by atoms with Gasteiger partial charge < -0.3 is 13.0 Å². The molecular weight excluding hydrogens is 270 g/mol. The Morgan fingerprint density at radius 1 is 0.778 bits per heavy atom. The number of hydrogen-bond donors (Lipinski definition) is 0. The minimum atomic E-state index is -4.23. The fraction of sp³-hybridized carbons (Fsp3) is 0. The van der Waals surface area contributed by atoms with Gasteiger partial charge in [0.05, 0.1) is 0 Å². The first-order chi connectivity index (χ1) is 8.72. The Hall–Kier alpha value is -1.67. The van der Waals surface area contributed by atoms with Crippen molar-refractivity contribution in [1.29, 1.82) is 0 Å². The summed E-state index contributed by atoms with van der Waals surface area (Å²) >= 11 is 0. The van der Waals surface area contributed by atoms with Crippen LogP contribution in [0.25, 0.3) is 0 Å². The van der Waals surface area contributed by atoms with Gasteiger partial charge in [0.15, 0.2) is 0 Å². The molecule has 0 heterocycles. The maximum atomic E-state index is 14.3. The van der Waals surface area contributed by atoms with E-state index in [1.165, 1.54) is 0 Å². The molecule has 0 unspecified atom stereocenters. The zero-order valence-electron chi connectivity index (χ0n) is 9.55. The Labute approximate surface area is 107 Å². The van der Waals surface area contributed by atoms with Gasteiger partial charge in [0, 0.05) is 0 Å². The van der Waals surface area contributed by atoms with E-state index < -0.39 is 17.8 Å². The summed E-state index contributed by atoms with van der Waals surface area (Å²) in [6.07, 6.45) is 0. The molecule has 0 saturated heterocycles. The molecule has 2 nitrogen and oxygen atoms in total. The Morgan fingerprint density at radius 2 is 1.17 bits per heavy atom. The van der Waals surface area contributed by atoms with Crippen LogP contribution in [0.3, 0.4) is 0 Å². The van der Waals surface area contributed by atoms with E-state index >= 15 is 0 Å². The summed E-state index contributed by atoms with van der Waals surface area (Å²) in [5.41, 5.74) is 0. The van der Waals surface area contributed by atoms with Crippen molar-refractivity contribution in [3.63, 3.8) is 0 Å². The fourth-order valence-corrected chi connectivity index (χ4v) is 3.86. The van der Waals surface area contributed by atoms with E-state index in [1.54, 1.807) is 60.7 Å². The third-order valence-corrected chi connectivity index (χ3v) is 5.41. The lowest BCUT2D eigenvalue weighted by atomic mass is 10.3. The summed E-state index contributed by atoms with van der Waals surface area (Å²) in [6.45, 7) is 0. The molecule has 2 aromatic carbocycles. The van der Waals surface area contributed by atoms with E-state index in [0.717, 1.165) is 0 Å². The molecule has 0 aromatic heterocycles. The standard InChI is InChI=1S/C12H12F2O2Si2/c13-17-18(14,15-11-7-3-1-4-8-11)16-12-9-5-2-6-10-12/h1-10H,17H2. The van der Waals surface area contributed by atoms with Crippen LogP contribution in [0.5, 0.6) is 11.5 Å². The van der Waals surface area contributed by atoms with Gasteiger partial charge in [-0.25, -0.2) is 4.11 Å². The smallest absolute Gasteiger partial charge is 0.491 e. The van der Waals surface area contributed by atoms with Crippen molar-refractivity contribution in [2.45, 2.75) is 0 Å². The van der Waals surface area contributed by atoms with Crippen molar-refractivity contribution < 1.29 is 17.1 Å². The van der Waals surface area contributed by atoms with Crippen LogP contribution in [0.1, 0.15) is 0 Å². The monoisotopic (exact) mass is 282 g/mol. The molecule has 0 saturated carbocycles. The molecule has 2 rings (SSSR count). The zero-order chi connectivity index (χ0) is 12.8. The van der Waals surface area contributed by atoms with Gasteiger partial charge in [0.2, 0.25) is 0 Å². The summed E-state index contributed by atoms with van der Waals surface area (Å²) in [6, 6.07) is 16.7. The molecule has 0 bridgehead atoms. The highest BCUT2D eigenvalue weighted by Gasteiger charge is 2.46. The molecule has 0 atom stereocenters. The summed E-state index contributed by atoms with van der Waals surface area (Å²) < 4.78 is 37.4. The lowest BCUT2D eigenvalue weighted by Crippen LogP contribution is -2.49. The van der Waals surface area contributed by atoms with Crippen molar-refractivity contribution in [3.05, 3.63) is 60.7 Å². The predicted molar refractivity (Wildman–Crippen MR) is 70.7 cm³/mol. The molecule has 94 valence electrons. The van der Waals surface area contributed by atoms with Crippen molar-refractivity contribution in [2.24, 2.45) is 0 Å². The molecule has 0 N–H and O–H groups in total. The van der Waals surface area contributed by atoms with Crippen LogP contribution in [0, 0.1) is 0 Å². The van der Waals surface area contributed by atoms with Crippen LogP contribution >= 0.6 is 0 Å². The summed E-state index contributed by atoms with van der Waals surface area (Å²) in [5.74, 6) is 0.598. The van der Waals surface area contributed by atoms with Gasteiger partial charge in [0.25, 0.3) is 0 Å². The largest absolute Gasteiger partial charge is 0.663 e. The molecule has 0 amide bonds. The van der Waals surface area contributed by atoms with Crippen molar-refractivity contribution in [2.75, 3.05) is 0 Å². The zero-order valence-corrected chi connectivity index (χ0v) is 12.0. The second kappa shape index (κ2) is 5.79. The number of halogens is 2. The minimum absolute atomic E-state index is 0.299. The van der Waals surface area contributed by atoms with Crippen LogP contribution < -0.4 is 8.85 Å². The van der Waals surface area contributed by atoms with Crippen LogP contribution in [-0.4, -0.2) is 17.8 Å². The Morgan fingerprint density at radius 3 is 1.50 bits per heavy atom. The first-order valence-electron chi connectivity index (χ1n) is 5.45. The number of benzene rings is 2. The highest BCUT2D eigenvalue weighted by molar-refractivity contribution is 7.12. The Kier molecular flexibility index (Phi) is 4.11. The average Bonchev–Trinajstić information content (AvgIpc) is 2.41. The first-order valence-corrected chi connectivity index (χ1v) is 10.0. The van der Waals surface area contributed by atoms with E-state index in [9.17, 15) is 8.22 Å². The minimum Gasteiger partial charge on any atom is -0.491 e. The second-order valence-electron chi connectivity index (χ2n) is 3.62. The summed E-state index contributed by atoms with van der Waals surface area (Å²) in [4.78, 5) is 0. The lowest BCUT2D eigenvalue weighted by Gasteiger charge is -2.20. The summed E-state index contributed by atoms with van der Waals surface area (Å²) in [7, 11) is -6.76. The summed E-state index contributed by atoms with van der Waals surface area (Å²) in [5, 5.41) is 0. The molecule has 18 heavy (non-hydrogen) atoms. The van der Waals surface area contributed by atoms with E-state index in [0.29, 0.717) is 11.5 Å². The van der Waals surface area contributed by atoms with Gasteiger partial charge in [-0.15, -0.1) is 0 Å². The average molecular weight is 282 g/mol. The van der Waals surface area contributed by atoms with E-state index in [1.807, 2.05) is 0 Å². The van der Waals surface area contributed by atoms with E-state index in [2.05, 4.69) is 0 Å². The molecule has 0 aliphatic rings. The predicted octanol–water partition coefficient (Wildman–Crippen LogP) is 2.60. The first kappa shape index (κ1) is 12.8. The number of para-hydroxylation sites is 2.